The predicted octanol–water partition coefficient (Wildman–Crippen LogP) is 1.55. The van der Waals surface area contributed by atoms with E-state index >= 15 is 0 Å². The Balaban J connectivity index is 2.83. The molecule has 0 aliphatic heterocycles. The molecule has 0 aromatic heterocycles. The Labute approximate surface area is 107 Å². The van der Waals surface area contributed by atoms with Gasteiger partial charge in [-0.15, -0.1) is 6.58 Å². The minimum Gasteiger partial charge on any atom is -0.497 e. The maximum Gasteiger partial charge on any atom is 0.241 e. The molecule has 1 rings (SSSR count). The van der Waals surface area contributed by atoms with E-state index in [4.69, 9.17) is 15.2 Å². The van der Waals surface area contributed by atoms with E-state index in [0.29, 0.717) is 23.6 Å². The van der Waals surface area contributed by atoms with Gasteiger partial charge in [0.1, 0.15) is 11.5 Å². The average Bonchev–Trinajstić information content (AvgIpc) is 2.39. The summed E-state index contributed by atoms with van der Waals surface area (Å²) >= 11 is 0. The molecule has 0 bridgehead atoms. The Morgan fingerprint density at radius 3 is 2.78 bits per heavy atom. The lowest BCUT2D eigenvalue weighted by Crippen LogP contribution is -2.35. The average molecular weight is 250 g/mol. The first-order valence-corrected chi connectivity index (χ1v) is 5.51. The molecule has 98 valence electrons. The summed E-state index contributed by atoms with van der Waals surface area (Å²) in [6.07, 6.45) is 2.03. The van der Waals surface area contributed by atoms with Gasteiger partial charge in [-0.05, 0) is 18.6 Å². The molecule has 0 aliphatic rings. The van der Waals surface area contributed by atoms with Crippen LogP contribution in [0.3, 0.4) is 0 Å². The van der Waals surface area contributed by atoms with Crippen molar-refractivity contribution in [2.45, 2.75) is 12.5 Å². The lowest BCUT2D eigenvalue weighted by molar-refractivity contribution is -0.117. The van der Waals surface area contributed by atoms with Crippen molar-refractivity contribution in [3.63, 3.8) is 0 Å². The minimum atomic E-state index is -0.616. The lowest BCUT2D eigenvalue weighted by atomic mass is 10.2. The fourth-order valence-corrected chi connectivity index (χ4v) is 1.41. The summed E-state index contributed by atoms with van der Waals surface area (Å²) in [5, 5.41) is 2.71. The zero-order chi connectivity index (χ0) is 13.5. The largest absolute Gasteiger partial charge is 0.497 e. The summed E-state index contributed by atoms with van der Waals surface area (Å²) in [6, 6.07) is 4.51. The molecule has 1 aromatic carbocycles. The highest BCUT2D eigenvalue weighted by molar-refractivity contribution is 5.96. The molecular formula is C13H18N2O3. The normalized spacial score (nSPS) is 11.5. The van der Waals surface area contributed by atoms with Gasteiger partial charge in [0.05, 0.1) is 25.9 Å². The zero-order valence-corrected chi connectivity index (χ0v) is 10.6. The van der Waals surface area contributed by atoms with Crippen LogP contribution < -0.4 is 20.5 Å². The maximum atomic E-state index is 11.8. The molecule has 0 spiro atoms. The molecule has 1 unspecified atom stereocenters. The van der Waals surface area contributed by atoms with Gasteiger partial charge in [0.2, 0.25) is 5.91 Å². The third-order valence-corrected chi connectivity index (χ3v) is 2.42. The second-order valence-electron chi connectivity index (χ2n) is 3.69. The lowest BCUT2D eigenvalue weighted by Gasteiger charge is -2.14. The Morgan fingerprint density at radius 1 is 1.50 bits per heavy atom. The molecule has 1 amide bonds. The standard InChI is InChI=1S/C13H18N2O3/c1-4-5-10(14)13(16)15-11-7-6-9(17-2)8-12(11)18-3/h4,6-8,10H,1,5,14H2,2-3H3,(H,15,16). The van der Waals surface area contributed by atoms with E-state index in [0.717, 1.165) is 0 Å². The summed E-state index contributed by atoms with van der Waals surface area (Å²) in [5.74, 6) is 0.895. The first-order valence-electron chi connectivity index (χ1n) is 5.51. The van der Waals surface area contributed by atoms with Crippen LogP contribution in [-0.2, 0) is 4.79 Å². The van der Waals surface area contributed by atoms with Crippen LogP contribution in [0.15, 0.2) is 30.9 Å². The third-order valence-electron chi connectivity index (χ3n) is 2.42. The van der Waals surface area contributed by atoms with Crippen molar-refractivity contribution in [3.8, 4) is 11.5 Å². The van der Waals surface area contributed by atoms with Crippen molar-refractivity contribution >= 4 is 11.6 Å². The number of hydrogen-bond acceptors (Lipinski definition) is 4. The van der Waals surface area contributed by atoms with Crippen LogP contribution >= 0.6 is 0 Å². The van der Waals surface area contributed by atoms with Gasteiger partial charge in [0.25, 0.3) is 0 Å². The van der Waals surface area contributed by atoms with Gasteiger partial charge in [-0.2, -0.15) is 0 Å². The molecule has 0 radical (unpaired) electrons. The Hall–Kier alpha value is -2.01. The van der Waals surface area contributed by atoms with Crippen molar-refractivity contribution in [2.24, 2.45) is 5.73 Å². The highest BCUT2D eigenvalue weighted by Gasteiger charge is 2.14. The second-order valence-corrected chi connectivity index (χ2v) is 3.69. The van der Waals surface area contributed by atoms with Crippen LogP contribution in [0.25, 0.3) is 0 Å². The monoisotopic (exact) mass is 250 g/mol. The van der Waals surface area contributed by atoms with Crippen LogP contribution in [0, 0.1) is 0 Å². The van der Waals surface area contributed by atoms with Crippen molar-refractivity contribution in [1.29, 1.82) is 0 Å². The first kappa shape index (κ1) is 14.1. The van der Waals surface area contributed by atoms with Gasteiger partial charge in [-0.25, -0.2) is 0 Å². The number of hydrogen-bond donors (Lipinski definition) is 2. The van der Waals surface area contributed by atoms with E-state index in [1.165, 1.54) is 7.11 Å². The molecule has 0 heterocycles. The first-order chi connectivity index (χ1) is 8.62. The van der Waals surface area contributed by atoms with Crippen LogP contribution in [0.1, 0.15) is 6.42 Å². The Bertz CT molecular complexity index is 432. The van der Waals surface area contributed by atoms with Crippen LogP contribution in [0.5, 0.6) is 11.5 Å². The fourth-order valence-electron chi connectivity index (χ4n) is 1.41. The summed E-state index contributed by atoms with van der Waals surface area (Å²) in [6.45, 7) is 3.55. The predicted molar refractivity (Wildman–Crippen MR) is 71.0 cm³/mol. The number of benzene rings is 1. The molecule has 5 nitrogen and oxygen atoms in total. The molecular weight excluding hydrogens is 232 g/mol. The highest BCUT2D eigenvalue weighted by Crippen LogP contribution is 2.29. The van der Waals surface area contributed by atoms with Gasteiger partial charge in [-0.1, -0.05) is 6.08 Å². The van der Waals surface area contributed by atoms with E-state index in [1.807, 2.05) is 0 Å². The molecule has 0 fully saturated rings. The van der Waals surface area contributed by atoms with Crippen LogP contribution in [0.2, 0.25) is 0 Å². The van der Waals surface area contributed by atoms with Crippen molar-refractivity contribution < 1.29 is 14.3 Å². The van der Waals surface area contributed by atoms with Gasteiger partial charge in [-0.3, -0.25) is 4.79 Å². The fraction of sp³-hybridized carbons (Fsp3) is 0.308. The van der Waals surface area contributed by atoms with E-state index in [-0.39, 0.29) is 5.91 Å². The maximum absolute atomic E-state index is 11.8. The van der Waals surface area contributed by atoms with Gasteiger partial charge < -0.3 is 20.5 Å². The molecule has 0 saturated heterocycles. The van der Waals surface area contributed by atoms with E-state index in [2.05, 4.69) is 11.9 Å². The molecule has 0 aliphatic carbocycles. The topological polar surface area (TPSA) is 73.6 Å². The quantitative estimate of drug-likeness (QED) is 0.751. The van der Waals surface area contributed by atoms with Gasteiger partial charge in [0, 0.05) is 6.07 Å². The van der Waals surface area contributed by atoms with Crippen molar-refractivity contribution in [3.05, 3.63) is 30.9 Å². The van der Waals surface area contributed by atoms with Gasteiger partial charge >= 0.3 is 0 Å². The third kappa shape index (κ3) is 3.49. The van der Waals surface area contributed by atoms with Gasteiger partial charge in [0.15, 0.2) is 0 Å². The molecule has 5 heteroatoms. The summed E-state index contributed by atoms with van der Waals surface area (Å²) < 4.78 is 10.2. The van der Waals surface area contributed by atoms with Crippen LogP contribution in [-0.4, -0.2) is 26.2 Å². The number of anilines is 1. The molecule has 0 saturated carbocycles. The summed E-state index contributed by atoms with van der Waals surface area (Å²) in [7, 11) is 3.08. The van der Waals surface area contributed by atoms with Crippen molar-refractivity contribution in [1.82, 2.24) is 0 Å². The van der Waals surface area contributed by atoms with E-state index in [1.54, 1.807) is 31.4 Å². The number of ether oxygens (including phenoxy) is 2. The SMILES string of the molecule is C=CCC(N)C(=O)Nc1ccc(OC)cc1OC. The molecule has 1 atom stereocenters. The van der Waals surface area contributed by atoms with Crippen LogP contribution in [0.4, 0.5) is 5.69 Å². The smallest absolute Gasteiger partial charge is 0.241 e. The zero-order valence-electron chi connectivity index (χ0n) is 10.6. The molecule has 3 N–H and O–H groups in total. The minimum absolute atomic E-state index is 0.279. The number of nitrogens with one attached hydrogen (secondary N) is 1. The Kier molecular flexibility index (Phi) is 5.20. The number of rotatable bonds is 6. The van der Waals surface area contributed by atoms with E-state index in [9.17, 15) is 4.79 Å². The Morgan fingerprint density at radius 2 is 2.22 bits per heavy atom. The van der Waals surface area contributed by atoms with Crippen molar-refractivity contribution in [2.75, 3.05) is 19.5 Å². The number of amides is 1. The number of methoxy groups -OCH3 is 2. The number of nitrogens with two attached hydrogens (primary N) is 1. The second kappa shape index (κ2) is 6.66. The number of carbonyl (C=O) groups excluding carboxylic acids is 1. The molecule has 1 aromatic rings. The summed E-state index contributed by atoms with van der Waals surface area (Å²) in [5.41, 5.74) is 6.23. The molecule has 18 heavy (non-hydrogen) atoms. The number of carbonyl (C=O) groups is 1. The summed E-state index contributed by atoms with van der Waals surface area (Å²) in [4.78, 5) is 11.8. The highest BCUT2D eigenvalue weighted by atomic mass is 16.5. The van der Waals surface area contributed by atoms with E-state index < -0.39 is 6.04 Å².